The van der Waals surface area contributed by atoms with Crippen molar-refractivity contribution in [2.24, 2.45) is 0 Å². The van der Waals surface area contributed by atoms with Gasteiger partial charge in [-0.3, -0.25) is 13.9 Å². The molecule has 0 radical (unpaired) electrons. The fraction of sp³-hybridized carbons (Fsp3) is 0.333. The van der Waals surface area contributed by atoms with Gasteiger partial charge in [0.1, 0.15) is 24.1 Å². The molecule has 0 aliphatic carbocycles. The maximum atomic E-state index is 13.7. The van der Waals surface area contributed by atoms with Crippen molar-refractivity contribution in [1.82, 2.24) is 10.2 Å². The standard InChI is InChI=1S/C30H37N3O5S/c1-4-6-21-31-30(35)28(5-2)32(22-24-13-9-7-10-14-24)29(34)23-33(39(3,36)37)25-17-19-27(20-18-25)38-26-15-11-8-12-16-26/h7-20,28H,4-6,21-23H2,1-3H3,(H,31,35)/t28-/m0/s1. The minimum Gasteiger partial charge on any atom is -0.457 e. The van der Waals surface area contributed by atoms with Crippen molar-refractivity contribution < 1.29 is 22.7 Å². The molecule has 0 aliphatic heterocycles. The van der Waals surface area contributed by atoms with Crippen molar-refractivity contribution in [1.29, 1.82) is 0 Å². The van der Waals surface area contributed by atoms with Gasteiger partial charge in [0.15, 0.2) is 0 Å². The first-order valence-corrected chi connectivity index (χ1v) is 15.0. The summed E-state index contributed by atoms with van der Waals surface area (Å²) in [6.45, 7) is 4.14. The van der Waals surface area contributed by atoms with Crippen LogP contribution >= 0.6 is 0 Å². The number of unbranched alkanes of at least 4 members (excludes halogenated alkanes) is 1. The van der Waals surface area contributed by atoms with Gasteiger partial charge in [0, 0.05) is 13.1 Å². The number of sulfonamides is 1. The molecule has 0 aromatic heterocycles. The topological polar surface area (TPSA) is 96.0 Å². The Bertz CT molecular complexity index is 1300. The molecule has 39 heavy (non-hydrogen) atoms. The predicted octanol–water partition coefficient (Wildman–Crippen LogP) is 4.97. The van der Waals surface area contributed by atoms with Crippen LogP contribution in [0.15, 0.2) is 84.9 Å². The highest BCUT2D eigenvalue weighted by atomic mass is 32.2. The number of nitrogens with zero attached hydrogens (tertiary/aromatic N) is 2. The number of carbonyl (C=O) groups is 2. The number of para-hydroxylation sites is 1. The van der Waals surface area contributed by atoms with Gasteiger partial charge < -0.3 is 15.0 Å². The van der Waals surface area contributed by atoms with Gasteiger partial charge >= 0.3 is 0 Å². The van der Waals surface area contributed by atoms with Crippen molar-refractivity contribution in [2.45, 2.75) is 45.7 Å². The number of nitrogens with one attached hydrogen (secondary N) is 1. The molecule has 3 rings (SSSR count). The predicted molar refractivity (Wildman–Crippen MR) is 154 cm³/mol. The Balaban J connectivity index is 1.85. The smallest absolute Gasteiger partial charge is 0.244 e. The van der Waals surface area contributed by atoms with Gasteiger partial charge in [-0.25, -0.2) is 8.42 Å². The van der Waals surface area contributed by atoms with E-state index in [0.29, 0.717) is 30.2 Å². The number of carbonyl (C=O) groups excluding carboxylic acids is 2. The van der Waals surface area contributed by atoms with Gasteiger partial charge in [-0.05, 0) is 54.8 Å². The Morgan fingerprint density at radius 3 is 2.03 bits per heavy atom. The van der Waals surface area contributed by atoms with Crippen LogP contribution in [0.3, 0.4) is 0 Å². The van der Waals surface area contributed by atoms with E-state index in [2.05, 4.69) is 5.32 Å². The molecule has 0 spiro atoms. The molecule has 1 N–H and O–H groups in total. The SMILES string of the molecule is CCCCNC(=O)[C@H](CC)N(Cc1ccccc1)C(=O)CN(c1ccc(Oc2ccccc2)cc1)S(C)(=O)=O. The van der Waals surface area contributed by atoms with Crippen LogP contribution < -0.4 is 14.4 Å². The molecule has 0 saturated heterocycles. The second kappa shape index (κ2) is 14.3. The summed E-state index contributed by atoms with van der Waals surface area (Å²) in [6.07, 6.45) is 3.22. The number of anilines is 1. The summed E-state index contributed by atoms with van der Waals surface area (Å²) >= 11 is 0. The Kier molecular flexibility index (Phi) is 10.9. The zero-order chi connectivity index (χ0) is 28.3. The highest BCUT2D eigenvalue weighted by molar-refractivity contribution is 7.92. The molecule has 3 aromatic rings. The first-order chi connectivity index (χ1) is 18.7. The Hall–Kier alpha value is -3.85. The average molecular weight is 552 g/mol. The van der Waals surface area contributed by atoms with Crippen LogP contribution in [-0.2, 0) is 26.2 Å². The van der Waals surface area contributed by atoms with Crippen LogP contribution in [0, 0.1) is 0 Å². The van der Waals surface area contributed by atoms with Gasteiger partial charge in [0.05, 0.1) is 11.9 Å². The molecular formula is C30H37N3O5S. The number of hydrogen-bond donors (Lipinski definition) is 1. The molecule has 0 bridgehead atoms. The number of amides is 2. The molecular weight excluding hydrogens is 514 g/mol. The van der Waals surface area contributed by atoms with E-state index in [1.807, 2.05) is 74.5 Å². The lowest BCUT2D eigenvalue weighted by atomic mass is 10.1. The van der Waals surface area contributed by atoms with Crippen LogP contribution in [0.4, 0.5) is 5.69 Å². The molecule has 3 aromatic carbocycles. The van der Waals surface area contributed by atoms with Crippen molar-refractivity contribution in [2.75, 3.05) is 23.7 Å². The second-order valence-corrected chi connectivity index (χ2v) is 11.2. The third-order valence-corrected chi connectivity index (χ3v) is 7.33. The van der Waals surface area contributed by atoms with Crippen LogP contribution in [0.25, 0.3) is 0 Å². The van der Waals surface area contributed by atoms with Gasteiger partial charge in [-0.2, -0.15) is 0 Å². The van der Waals surface area contributed by atoms with Crippen LogP contribution in [0.1, 0.15) is 38.7 Å². The molecule has 0 saturated carbocycles. The van der Waals surface area contributed by atoms with Crippen molar-refractivity contribution in [3.63, 3.8) is 0 Å². The fourth-order valence-electron chi connectivity index (χ4n) is 4.12. The minimum atomic E-state index is -3.82. The van der Waals surface area contributed by atoms with E-state index >= 15 is 0 Å². The van der Waals surface area contributed by atoms with E-state index in [4.69, 9.17) is 4.74 Å². The number of ether oxygens (including phenoxy) is 1. The van der Waals surface area contributed by atoms with Crippen LogP contribution in [0.2, 0.25) is 0 Å². The van der Waals surface area contributed by atoms with Gasteiger partial charge in [-0.1, -0.05) is 68.8 Å². The van der Waals surface area contributed by atoms with Gasteiger partial charge in [0.25, 0.3) is 0 Å². The molecule has 1 atom stereocenters. The van der Waals surface area contributed by atoms with E-state index in [9.17, 15) is 18.0 Å². The number of rotatable bonds is 14. The summed E-state index contributed by atoms with van der Waals surface area (Å²) in [7, 11) is -3.82. The summed E-state index contributed by atoms with van der Waals surface area (Å²) < 4.78 is 32.5. The summed E-state index contributed by atoms with van der Waals surface area (Å²) in [5.74, 6) is 0.472. The highest BCUT2D eigenvalue weighted by Crippen LogP contribution is 2.26. The van der Waals surface area contributed by atoms with Crippen molar-refractivity contribution >= 4 is 27.5 Å². The van der Waals surface area contributed by atoms with Crippen molar-refractivity contribution in [3.05, 3.63) is 90.5 Å². The second-order valence-electron chi connectivity index (χ2n) is 9.25. The maximum absolute atomic E-state index is 13.7. The van der Waals surface area contributed by atoms with Gasteiger partial charge in [-0.15, -0.1) is 0 Å². The summed E-state index contributed by atoms with van der Waals surface area (Å²) in [4.78, 5) is 28.3. The fourth-order valence-corrected chi connectivity index (χ4v) is 4.97. The van der Waals surface area contributed by atoms with Crippen molar-refractivity contribution in [3.8, 4) is 11.5 Å². The zero-order valence-electron chi connectivity index (χ0n) is 22.7. The quantitative estimate of drug-likeness (QED) is 0.286. The minimum absolute atomic E-state index is 0.181. The van der Waals surface area contributed by atoms with E-state index in [-0.39, 0.29) is 12.5 Å². The molecule has 208 valence electrons. The third-order valence-electron chi connectivity index (χ3n) is 6.19. The third kappa shape index (κ3) is 8.85. The molecule has 0 aliphatic rings. The van der Waals surface area contributed by atoms with E-state index in [1.165, 1.54) is 4.90 Å². The van der Waals surface area contributed by atoms with E-state index < -0.39 is 28.5 Å². The van der Waals surface area contributed by atoms with E-state index in [0.717, 1.165) is 29.0 Å². The maximum Gasteiger partial charge on any atom is 0.244 e. The molecule has 0 fully saturated rings. The average Bonchev–Trinajstić information content (AvgIpc) is 2.93. The lowest BCUT2D eigenvalue weighted by Gasteiger charge is -2.33. The highest BCUT2D eigenvalue weighted by Gasteiger charge is 2.31. The first-order valence-electron chi connectivity index (χ1n) is 13.1. The monoisotopic (exact) mass is 551 g/mol. The van der Waals surface area contributed by atoms with Crippen LogP contribution in [-0.4, -0.2) is 50.5 Å². The molecule has 8 nitrogen and oxygen atoms in total. The van der Waals surface area contributed by atoms with E-state index in [1.54, 1.807) is 24.3 Å². The molecule has 9 heteroatoms. The first kappa shape index (κ1) is 29.7. The Labute approximate surface area is 231 Å². The molecule has 0 unspecified atom stereocenters. The summed E-state index contributed by atoms with van der Waals surface area (Å²) in [6, 6.07) is 24.4. The summed E-state index contributed by atoms with van der Waals surface area (Å²) in [5.41, 5.74) is 1.17. The number of benzene rings is 3. The molecule has 2 amide bonds. The normalized spacial score (nSPS) is 11.9. The van der Waals surface area contributed by atoms with Gasteiger partial charge in [0.2, 0.25) is 21.8 Å². The lowest BCUT2D eigenvalue weighted by molar-refractivity contribution is -0.140. The number of hydrogen-bond acceptors (Lipinski definition) is 5. The Morgan fingerprint density at radius 2 is 1.46 bits per heavy atom. The lowest BCUT2D eigenvalue weighted by Crippen LogP contribution is -2.52. The molecule has 0 heterocycles. The Morgan fingerprint density at radius 1 is 0.872 bits per heavy atom. The van der Waals surface area contributed by atoms with Crippen LogP contribution in [0.5, 0.6) is 11.5 Å². The largest absolute Gasteiger partial charge is 0.457 e. The zero-order valence-corrected chi connectivity index (χ0v) is 23.6. The summed E-state index contributed by atoms with van der Waals surface area (Å²) in [5, 5.41) is 2.92.